The third-order valence-electron chi connectivity index (χ3n) is 4.97. The number of esters is 1. The van der Waals surface area contributed by atoms with Crippen molar-refractivity contribution in [1.82, 2.24) is 0 Å². The van der Waals surface area contributed by atoms with Gasteiger partial charge in [0, 0.05) is 31.9 Å². The molecular weight excluding hydrogens is 374 g/mol. The Morgan fingerprint density at radius 1 is 1.24 bits per heavy atom. The van der Waals surface area contributed by atoms with Crippen molar-refractivity contribution in [3.05, 3.63) is 63.7 Å². The molecule has 2 atom stereocenters. The number of nitro benzene ring substituents is 1. The number of para-hydroxylation sites is 1. The van der Waals surface area contributed by atoms with Crippen LogP contribution >= 0.6 is 0 Å². The minimum absolute atomic E-state index is 0.0248. The Balaban J connectivity index is 1.78. The molecule has 1 aliphatic heterocycles. The van der Waals surface area contributed by atoms with Crippen LogP contribution in [0.1, 0.15) is 29.8 Å². The fraction of sp³-hybridized carbons (Fsp3) is 0.333. The second-order valence-electron chi connectivity index (χ2n) is 7.29. The van der Waals surface area contributed by atoms with Gasteiger partial charge in [0.15, 0.2) is 6.10 Å². The first-order valence-electron chi connectivity index (χ1n) is 9.28. The Hall–Kier alpha value is -3.42. The molecule has 0 saturated heterocycles. The number of ether oxygens (including phenoxy) is 1. The zero-order valence-corrected chi connectivity index (χ0v) is 16.8. The number of anilines is 2. The molecule has 29 heavy (non-hydrogen) atoms. The minimum Gasteiger partial charge on any atom is -0.449 e. The molecule has 2 aromatic carbocycles. The first kappa shape index (κ1) is 20.3. The maximum atomic E-state index is 12.9. The van der Waals surface area contributed by atoms with Gasteiger partial charge in [-0.25, -0.2) is 4.79 Å². The van der Waals surface area contributed by atoms with Crippen LogP contribution < -0.4 is 9.80 Å². The van der Waals surface area contributed by atoms with Gasteiger partial charge in [0.1, 0.15) is 5.69 Å². The maximum absolute atomic E-state index is 12.9. The molecule has 0 N–H and O–H groups in total. The number of benzene rings is 2. The average Bonchev–Trinajstić information content (AvgIpc) is 3.02. The van der Waals surface area contributed by atoms with Gasteiger partial charge in [0.25, 0.3) is 11.6 Å². The lowest BCUT2D eigenvalue weighted by molar-refractivity contribution is -0.384. The van der Waals surface area contributed by atoms with E-state index in [1.807, 2.05) is 31.2 Å². The molecule has 1 aliphatic rings. The number of rotatable bonds is 5. The van der Waals surface area contributed by atoms with E-state index in [0.29, 0.717) is 5.69 Å². The van der Waals surface area contributed by atoms with Gasteiger partial charge in [-0.1, -0.05) is 18.2 Å². The fourth-order valence-corrected chi connectivity index (χ4v) is 3.55. The van der Waals surface area contributed by atoms with E-state index in [9.17, 15) is 19.7 Å². The number of carbonyl (C=O) groups is 2. The van der Waals surface area contributed by atoms with Crippen molar-refractivity contribution in [2.24, 2.45) is 0 Å². The Morgan fingerprint density at radius 3 is 2.59 bits per heavy atom. The van der Waals surface area contributed by atoms with Crippen LogP contribution in [-0.4, -0.2) is 43.0 Å². The molecule has 0 aliphatic carbocycles. The molecule has 0 unspecified atom stereocenters. The predicted octanol–water partition coefficient (Wildman–Crippen LogP) is 3.18. The zero-order chi connectivity index (χ0) is 21.3. The Labute approximate surface area is 168 Å². The highest BCUT2D eigenvalue weighted by Crippen LogP contribution is 2.33. The summed E-state index contributed by atoms with van der Waals surface area (Å²) in [5.41, 5.74) is 2.08. The summed E-state index contributed by atoms with van der Waals surface area (Å²) in [5, 5.41) is 11.3. The van der Waals surface area contributed by atoms with Crippen LogP contribution in [0.2, 0.25) is 0 Å². The lowest BCUT2D eigenvalue weighted by Crippen LogP contribution is -2.43. The van der Waals surface area contributed by atoms with Crippen molar-refractivity contribution in [2.45, 2.75) is 32.4 Å². The van der Waals surface area contributed by atoms with E-state index in [1.54, 1.807) is 23.9 Å². The largest absolute Gasteiger partial charge is 0.449 e. The van der Waals surface area contributed by atoms with Crippen molar-refractivity contribution in [3.63, 3.8) is 0 Å². The number of nitro groups is 1. The Morgan fingerprint density at radius 2 is 1.93 bits per heavy atom. The third kappa shape index (κ3) is 3.91. The molecule has 0 saturated carbocycles. The number of carbonyl (C=O) groups excluding carboxylic acids is 2. The second-order valence-corrected chi connectivity index (χ2v) is 7.29. The van der Waals surface area contributed by atoms with Crippen LogP contribution in [0.15, 0.2) is 42.5 Å². The minimum atomic E-state index is -1.02. The van der Waals surface area contributed by atoms with Gasteiger partial charge in [-0.05, 0) is 44.0 Å². The molecule has 8 heteroatoms. The lowest BCUT2D eigenvalue weighted by Gasteiger charge is -2.26. The van der Waals surface area contributed by atoms with Crippen molar-refractivity contribution in [3.8, 4) is 0 Å². The molecular formula is C21H23N3O5. The van der Waals surface area contributed by atoms with Crippen LogP contribution in [0.3, 0.4) is 0 Å². The number of hydrogen-bond donors (Lipinski definition) is 0. The molecule has 0 spiro atoms. The quantitative estimate of drug-likeness (QED) is 0.437. The normalized spacial score (nSPS) is 16.1. The van der Waals surface area contributed by atoms with E-state index in [-0.39, 0.29) is 23.2 Å². The fourth-order valence-electron chi connectivity index (χ4n) is 3.55. The summed E-state index contributed by atoms with van der Waals surface area (Å²) in [7, 11) is 3.35. The zero-order valence-electron chi connectivity index (χ0n) is 16.8. The van der Waals surface area contributed by atoms with Gasteiger partial charge in [-0.2, -0.15) is 0 Å². The van der Waals surface area contributed by atoms with E-state index in [2.05, 4.69) is 0 Å². The van der Waals surface area contributed by atoms with Crippen molar-refractivity contribution in [1.29, 1.82) is 0 Å². The lowest BCUT2D eigenvalue weighted by atomic mass is 10.1. The Bertz CT molecular complexity index is 973. The monoisotopic (exact) mass is 397 g/mol. The molecule has 1 heterocycles. The predicted molar refractivity (Wildman–Crippen MR) is 109 cm³/mol. The van der Waals surface area contributed by atoms with Crippen molar-refractivity contribution in [2.75, 3.05) is 23.9 Å². The highest BCUT2D eigenvalue weighted by molar-refractivity contribution is 6.01. The highest BCUT2D eigenvalue weighted by atomic mass is 16.6. The summed E-state index contributed by atoms with van der Waals surface area (Å²) < 4.78 is 5.34. The third-order valence-corrected chi connectivity index (χ3v) is 4.97. The van der Waals surface area contributed by atoms with Crippen LogP contribution in [0.4, 0.5) is 17.1 Å². The van der Waals surface area contributed by atoms with Gasteiger partial charge < -0.3 is 14.5 Å². The molecule has 0 aromatic heterocycles. The van der Waals surface area contributed by atoms with E-state index in [1.165, 1.54) is 25.1 Å². The topological polar surface area (TPSA) is 93.0 Å². The summed E-state index contributed by atoms with van der Waals surface area (Å²) in [4.78, 5) is 39.5. The number of fused-ring (bicyclic) bond motifs is 1. The first-order chi connectivity index (χ1) is 13.7. The summed E-state index contributed by atoms with van der Waals surface area (Å²) in [6.45, 7) is 3.45. The van der Waals surface area contributed by atoms with Gasteiger partial charge in [-0.15, -0.1) is 0 Å². The smallest absolute Gasteiger partial charge is 0.339 e. The number of nitrogens with zero attached hydrogens (tertiary/aromatic N) is 3. The van der Waals surface area contributed by atoms with E-state index in [0.717, 1.165) is 17.7 Å². The van der Waals surface area contributed by atoms with Gasteiger partial charge in [0.2, 0.25) is 0 Å². The van der Waals surface area contributed by atoms with Crippen LogP contribution in [-0.2, 0) is 16.0 Å². The standard InChI is InChI=1S/C21H23N3O5/c1-13-11-15-7-5-6-8-17(15)23(13)20(25)14(2)29-21(26)16-9-10-18(22(3)4)19(12-16)24(27)28/h5-10,12-14H,11H2,1-4H3/t13-,14+/m0/s1. The first-order valence-corrected chi connectivity index (χ1v) is 9.28. The van der Waals surface area contributed by atoms with Crippen LogP contribution in [0, 0.1) is 10.1 Å². The second kappa shape index (κ2) is 7.90. The SMILES string of the molecule is C[C@@H](OC(=O)c1ccc(N(C)C)c([N+](=O)[O-])c1)C(=O)N1c2ccccc2C[C@@H]1C. The van der Waals surface area contributed by atoms with Crippen molar-refractivity contribution >= 4 is 28.9 Å². The average molecular weight is 397 g/mol. The summed E-state index contributed by atoms with van der Waals surface area (Å²) in [5.74, 6) is -1.10. The maximum Gasteiger partial charge on any atom is 0.339 e. The van der Waals surface area contributed by atoms with E-state index >= 15 is 0 Å². The number of hydrogen-bond acceptors (Lipinski definition) is 6. The Kier molecular flexibility index (Phi) is 5.54. The molecule has 0 bridgehead atoms. The molecule has 8 nitrogen and oxygen atoms in total. The molecule has 0 fully saturated rings. The van der Waals surface area contributed by atoms with Gasteiger partial charge in [0.05, 0.1) is 10.5 Å². The van der Waals surface area contributed by atoms with Gasteiger partial charge >= 0.3 is 5.97 Å². The molecule has 2 aromatic rings. The number of amides is 1. The van der Waals surface area contributed by atoms with E-state index < -0.39 is 17.0 Å². The van der Waals surface area contributed by atoms with E-state index in [4.69, 9.17) is 4.74 Å². The summed E-state index contributed by atoms with van der Waals surface area (Å²) >= 11 is 0. The molecule has 0 radical (unpaired) electrons. The van der Waals surface area contributed by atoms with Crippen LogP contribution in [0.25, 0.3) is 0 Å². The van der Waals surface area contributed by atoms with Gasteiger partial charge in [-0.3, -0.25) is 14.9 Å². The van der Waals surface area contributed by atoms with Crippen molar-refractivity contribution < 1.29 is 19.2 Å². The summed E-state index contributed by atoms with van der Waals surface area (Å²) in [6, 6.07) is 11.7. The summed E-state index contributed by atoms with van der Waals surface area (Å²) in [6.07, 6.45) is -0.287. The molecule has 3 rings (SSSR count). The van der Waals surface area contributed by atoms with Crippen LogP contribution in [0.5, 0.6) is 0 Å². The molecule has 1 amide bonds. The molecule has 152 valence electrons. The highest BCUT2D eigenvalue weighted by Gasteiger charge is 2.34.